The van der Waals surface area contributed by atoms with Crippen molar-refractivity contribution in [2.75, 3.05) is 6.54 Å². The first kappa shape index (κ1) is 12.9. The molecule has 0 atom stereocenters. The van der Waals surface area contributed by atoms with Crippen LogP contribution in [-0.2, 0) is 13.6 Å². The van der Waals surface area contributed by atoms with Gasteiger partial charge in [0.2, 0.25) is 0 Å². The average molecular weight is 251 g/mol. The van der Waals surface area contributed by atoms with Gasteiger partial charge in [-0.05, 0) is 25.8 Å². The number of hydrogen-bond acceptors (Lipinski definition) is 4. The van der Waals surface area contributed by atoms with E-state index in [1.165, 1.54) is 18.5 Å². The predicted molar refractivity (Wildman–Crippen MR) is 69.4 cm³/mol. The Morgan fingerprint density at radius 3 is 2.89 bits per heavy atom. The molecular weight excluding hydrogens is 230 g/mol. The fraction of sp³-hybridized carbons (Fsp3) is 0.667. The quantitative estimate of drug-likeness (QED) is 0.340. The van der Waals surface area contributed by atoms with E-state index in [1.54, 1.807) is 0 Å². The van der Waals surface area contributed by atoms with E-state index in [9.17, 15) is 0 Å². The summed E-state index contributed by atoms with van der Waals surface area (Å²) in [4.78, 5) is 2.38. The van der Waals surface area contributed by atoms with Crippen molar-refractivity contribution < 1.29 is 5.21 Å². The zero-order valence-electron chi connectivity index (χ0n) is 11.0. The summed E-state index contributed by atoms with van der Waals surface area (Å²) in [7, 11) is 1.97. The largest absolute Gasteiger partial charge is 0.409 e. The molecule has 1 fully saturated rings. The van der Waals surface area contributed by atoms with Crippen molar-refractivity contribution in [2.45, 2.75) is 38.8 Å². The predicted octanol–water partition coefficient (Wildman–Crippen LogP) is 0.829. The van der Waals surface area contributed by atoms with E-state index >= 15 is 0 Å². The van der Waals surface area contributed by atoms with E-state index in [0.29, 0.717) is 18.3 Å². The SMILES string of the molecule is Cc1cc(CN(CCC(N)=NO)C2CC2)n(C)n1. The Morgan fingerprint density at radius 1 is 1.67 bits per heavy atom. The highest BCUT2D eigenvalue weighted by atomic mass is 16.4. The second-order valence-electron chi connectivity index (χ2n) is 4.94. The molecule has 0 saturated heterocycles. The standard InChI is InChI=1S/C12H21N5O/c1-9-7-11(16(2)14-9)8-17(10-3-4-10)6-5-12(13)15-18/h7,10,18H,3-6,8H2,1-2H3,(H2,13,15). The smallest absolute Gasteiger partial charge is 0.140 e. The molecule has 1 heterocycles. The van der Waals surface area contributed by atoms with E-state index in [4.69, 9.17) is 10.9 Å². The summed E-state index contributed by atoms with van der Waals surface area (Å²) in [5.41, 5.74) is 7.77. The minimum Gasteiger partial charge on any atom is -0.409 e. The first-order chi connectivity index (χ1) is 8.60. The summed E-state index contributed by atoms with van der Waals surface area (Å²) in [6, 6.07) is 2.76. The Labute approximate surface area is 107 Å². The molecule has 6 heteroatoms. The van der Waals surface area contributed by atoms with Gasteiger partial charge in [0, 0.05) is 32.6 Å². The molecule has 0 bridgehead atoms. The van der Waals surface area contributed by atoms with Gasteiger partial charge in [0.1, 0.15) is 5.84 Å². The summed E-state index contributed by atoms with van der Waals surface area (Å²) in [5, 5.41) is 15.9. The van der Waals surface area contributed by atoms with Gasteiger partial charge in [-0.2, -0.15) is 5.10 Å². The van der Waals surface area contributed by atoms with E-state index in [1.807, 2.05) is 18.7 Å². The van der Waals surface area contributed by atoms with Gasteiger partial charge in [-0.1, -0.05) is 5.16 Å². The number of aryl methyl sites for hydroxylation is 2. The lowest BCUT2D eigenvalue weighted by molar-refractivity contribution is 0.253. The van der Waals surface area contributed by atoms with Crippen LogP contribution in [0.1, 0.15) is 30.7 Å². The van der Waals surface area contributed by atoms with Crippen LogP contribution in [0.5, 0.6) is 0 Å². The van der Waals surface area contributed by atoms with Crippen molar-refractivity contribution >= 4 is 5.84 Å². The van der Waals surface area contributed by atoms with Crippen molar-refractivity contribution in [1.82, 2.24) is 14.7 Å². The zero-order chi connectivity index (χ0) is 13.1. The van der Waals surface area contributed by atoms with Gasteiger partial charge in [-0.3, -0.25) is 9.58 Å². The zero-order valence-corrected chi connectivity index (χ0v) is 11.0. The van der Waals surface area contributed by atoms with Crippen molar-refractivity contribution in [2.24, 2.45) is 17.9 Å². The lowest BCUT2D eigenvalue weighted by atomic mass is 10.3. The van der Waals surface area contributed by atoms with Gasteiger partial charge in [-0.25, -0.2) is 0 Å². The van der Waals surface area contributed by atoms with Gasteiger partial charge in [0.15, 0.2) is 0 Å². The summed E-state index contributed by atoms with van der Waals surface area (Å²) < 4.78 is 1.92. The maximum atomic E-state index is 8.57. The summed E-state index contributed by atoms with van der Waals surface area (Å²) >= 11 is 0. The molecule has 1 saturated carbocycles. The summed E-state index contributed by atoms with van der Waals surface area (Å²) in [5.74, 6) is 0.293. The third-order valence-electron chi connectivity index (χ3n) is 3.31. The molecule has 1 aliphatic rings. The number of aromatic nitrogens is 2. The number of nitrogens with zero attached hydrogens (tertiary/aromatic N) is 4. The molecule has 3 N–H and O–H groups in total. The minimum atomic E-state index is 0.293. The van der Waals surface area contributed by atoms with Crippen LogP contribution in [0.4, 0.5) is 0 Å². The monoisotopic (exact) mass is 251 g/mol. The molecule has 6 nitrogen and oxygen atoms in total. The van der Waals surface area contributed by atoms with Crippen LogP contribution in [0.25, 0.3) is 0 Å². The molecule has 100 valence electrons. The maximum Gasteiger partial charge on any atom is 0.140 e. The minimum absolute atomic E-state index is 0.293. The van der Waals surface area contributed by atoms with Gasteiger partial charge in [-0.15, -0.1) is 0 Å². The molecule has 0 aromatic carbocycles. The normalized spacial score (nSPS) is 16.5. The van der Waals surface area contributed by atoms with Crippen molar-refractivity contribution in [3.05, 3.63) is 17.5 Å². The number of rotatable bonds is 6. The highest BCUT2D eigenvalue weighted by Gasteiger charge is 2.29. The molecule has 0 spiro atoms. The van der Waals surface area contributed by atoms with Crippen LogP contribution in [0.3, 0.4) is 0 Å². The molecule has 0 unspecified atom stereocenters. The topological polar surface area (TPSA) is 79.7 Å². The molecule has 0 amide bonds. The van der Waals surface area contributed by atoms with E-state index in [2.05, 4.69) is 21.2 Å². The van der Waals surface area contributed by atoms with E-state index in [-0.39, 0.29) is 0 Å². The lowest BCUT2D eigenvalue weighted by Gasteiger charge is -2.21. The first-order valence-corrected chi connectivity index (χ1v) is 6.30. The Balaban J connectivity index is 1.96. The molecular formula is C12H21N5O. The lowest BCUT2D eigenvalue weighted by Crippen LogP contribution is -2.30. The second kappa shape index (κ2) is 5.39. The fourth-order valence-corrected chi connectivity index (χ4v) is 2.16. The summed E-state index contributed by atoms with van der Waals surface area (Å²) in [6.07, 6.45) is 3.09. The summed E-state index contributed by atoms with van der Waals surface area (Å²) in [6.45, 7) is 3.70. The van der Waals surface area contributed by atoms with Crippen LogP contribution < -0.4 is 5.73 Å². The average Bonchev–Trinajstić information content (AvgIpc) is 3.11. The Morgan fingerprint density at radius 2 is 2.39 bits per heavy atom. The van der Waals surface area contributed by atoms with Crippen LogP contribution in [-0.4, -0.2) is 38.3 Å². The van der Waals surface area contributed by atoms with E-state index < -0.39 is 0 Å². The third-order valence-corrected chi connectivity index (χ3v) is 3.31. The fourth-order valence-electron chi connectivity index (χ4n) is 2.16. The molecule has 1 aromatic rings. The molecule has 18 heavy (non-hydrogen) atoms. The van der Waals surface area contributed by atoms with Crippen LogP contribution in [0, 0.1) is 6.92 Å². The van der Waals surface area contributed by atoms with Gasteiger partial charge in [0.25, 0.3) is 0 Å². The Bertz CT molecular complexity index is 436. The molecule has 1 aromatic heterocycles. The van der Waals surface area contributed by atoms with E-state index in [0.717, 1.165) is 18.8 Å². The molecule has 0 radical (unpaired) electrons. The molecule has 1 aliphatic carbocycles. The maximum absolute atomic E-state index is 8.57. The van der Waals surface area contributed by atoms with Crippen molar-refractivity contribution in [3.63, 3.8) is 0 Å². The number of amidine groups is 1. The first-order valence-electron chi connectivity index (χ1n) is 6.30. The van der Waals surface area contributed by atoms with Gasteiger partial charge >= 0.3 is 0 Å². The van der Waals surface area contributed by atoms with Crippen LogP contribution >= 0.6 is 0 Å². The number of oxime groups is 1. The Hall–Kier alpha value is -1.56. The van der Waals surface area contributed by atoms with Crippen LogP contribution in [0.15, 0.2) is 11.2 Å². The Kier molecular flexibility index (Phi) is 3.86. The highest BCUT2D eigenvalue weighted by Crippen LogP contribution is 2.28. The third kappa shape index (κ3) is 3.22. The van der Waals surface area contributed by atoms with Gasteiger partial charge < -0.3 is 10.9 Å². The van der Waals surface area contributed by atoms with Crippen LogP contribution in [0.2, 0.25) is 0 Å². The number of nitrogens with two attached hydrogens (primary N) is 1. The number of hydrogen-bond donors (Lipinski definition) is 2. The highest BCUT2D eigenvalue weighted by molar-refractivity contribution is 5.79. The molecule has 0 aliphatic heterocycles. The van der Waals surface area contributed by atoms with Gasteiger partial charge in [0.05, 0.1) is 11.4 Å². The van der Waals surface area contributed by atoms with Crippen molar-refractivity contribution in [3.8, 4) is 0 Å². The van der Waals surface area contributed by atoms with Crippen molar-refractivity contribution in [1.29, 1.82) is 0 Å². The molecule has 2 rings (SSSR count). The second-order valence-corrected chi connectivity index (χ2v) is 4.94.